The van der Waals surface area contributed by atoms with Gasteiger partial charge in [0.25, 0.3) is 0 Å². The van der Waals surface area contributed by atoms with E-state index in [0.717, 1.165) is 44.9 Å². The molecule has 3 heteroatoms. The van der Waals surface area contributed by atoms with Crippen LogP contribution in [-0.2, 0) is 0 Å². The van der Waals surface area contributed by atoms with Crippen LogP contribution in [0.1, 0.15) is 0 Å². The molecule has 0 N–H and O–H groups in total. The van der Waals surface area contributed by atoms with Crippen molar-refractivity contribution in [2.75, 3.05) is 0 Å². The van der Waals surface area contributed by atoms with Crippen LogP contribution in [-0.4, -0.2) is 14.1 Å². The van der Waals surface area contributed by atoms with Crippen LogP contribution in [0.4, 0.5) is 0 Å². The maximum Gasteiger partial charge on any atom is 0.138 e. The van der Waals surface area contributed by atoms with Crippen molar-refractivity contribution in [1.29, 1.82) is 0 Å². The minimum atomic E-state index is 0.895. The summed E-state index contributed by atoms with van der Waals surface area (Å²) in [6.07, 6.45) is 0. The van der Waals surface area contributed by atoms with Crippen LogP contribution >= 0.6 is 0 Å². The lowest BCUT2D eigenvalue weighted by Gasteiger charge is -2.14. The third kappa shape index (κ3) is 5.28. The first-order valence-electron chi connectivity index (χ1n) is 21.3. The third-order valence-corrected chi connectivity index (χ3v) is 12.9. The smallest absolute Gasteiger partial charge is 0.138 e. The number of hydrogen-bond acceptors (Lipinski definition) is 1. The van der Waals surface area contributed by atoms with Gasteiger partial charge < -0.3 is 4.57 Å². The summed E-state index contributed by atoms with van der Waals surface area (Å²) in [7, 11) is 0. The first-order valence-corrected chi connectivity index (χ1v) is 21.3. The molecule has 3 heterocycles. The van der Waals surface area contributed by atoms with E-state index in [0.29, 0.717) is 0 Å². The van der Waals surface area contributed by atoms with Crippen molar-refractivity contribution in [2.24, 2.45) is 0 Å². The van der Waals surface area contributed by atoms with Crippen LogP contribution in [0.5, 0.6) is 0 Å². The Balaban J connectivity index is 1.00. The number of benzene rings is 10. The van der Waals surface area contributed by atoms with E-state index in [9.17, 15) is 0 Å². The van der Waals surface area contributed by atoms with E-state index in [1.54, 1.807) is 0 Å². The average molecular weight is 788 g/mol. The van der Waals surface area contributed by atoms with Gasteiger partial charge in [-0.05, 0) is 109 Å². The largest absolute Gasteiger partial charge is 0.309 e. The van der Waals surface area contributed by atoms with Crippen LogP contribution in [0.2, 0.25) is 0 Å². The number of hydrogen-bond donors (Lipinski definition) is 0. The Morgan fingerprint density at radius 1 is 0.242 bits per heavy atom. The molecule has 0 fully saturated rings. The summed E-state index contributed by atoms with van der Waals surface area (Å²) in [6, 6.07) is 81.6. The zero-order valence-electron chi connectivity index (χ0n) is 33.7. The molecule has 0 spiro atoms. The summed E-state index contributed by atoms with van der Waals surface area (Å²) in [4.78, 5) is 5.36. The van der Waals surface area contributed by atoms with E-state index in [1.165, 1.54) is 76.0 Å². The van der Waals surface area contributed by atoms with Gasteiger partial charge in [0, 0.05) is 32.8 Å². The fraction of sp³-hybridized carbons (Fsp3) is 0. The fourth-order valence-electron chi connectivity index (χ4n) is 10.0. The molecule has 0 radical (unpaired) electrons. The second kappa shape index (κ2) is 13.6. The van der Waals surface area contributed by atoms with Crippen LogP contribution in [0.25, 0.3) is 121 Å². The van der Waals surface area contributed by atoms with Gasteiger partial charge in [-0.15, -0.1) is 0 Å². The monoisotopic (exact) mass is 787 g/mol. The molecule has 0 saturated heterocycles. The van der Waals surface area contributed by atoms with Gasteiger partial charge in [-0.25, -0.2) is 4.98 Å². The Kier molecular flexibility index (Phi) is 7.60. The van der Waals surface area contributed by atoms with Gasteiger partial charge in [0.15, 0.2) is 0 Å². The predicted octanol–water partition coefficient (Wildman–Crippen LogP) is 15.7. The summed E-state index contributed by atoms with van der Waals surface area (Å²) >= 11 is 0. The van der Waals surface area contributed by atoms with Gasteiger partial charge in [-0.2, -0.15) is 0 Å². The molecule has 3 nitrogen and oxygen atoms in total. The molecule has 13 rings (SSSR count). The van der Waals surface area contributed by atoms with Gasteiger partial charge in [-0.1, -0.05) is 170 Å². The number of aromatic nitrogens is 3. The summed E-state index contributed by atoms with van der Waals surface area (Å²) < 4.78 is 4.79. The van der Waals surface area contributed by atoms with Crippen molar-refractivity contribution < 1.29 is 0 Å². The van der Waals surface area contributed by atoms with E-state index < -0.39 is 0 Å². The first-order chi connectivity index (χ1) is 30.7. The lowest BCUT2D eigenvalue weighted by molar-refractivity contribution is 1.08. The van der Waals surface area contributed by atoms with Gasteiger partial charge in [0.1, 0.15) is 5.82 Å². The highest BCUT2D eigenvalue weighted by molar-refractivity contribution is 6.25. The molecule has 0 aliphatic heterocycles. The van der Waals surface area contributed by atoms with Crippen molar-refractivity contribution in [3.05, 3.63) is 224 Å². The summed E-state index contributed by atoms with van der Waals surface area (Å²) in [5, 5.41) is 12.5. The molecule has 0 aliphatic carbocycles. The number of pyridine rings is 1. The highest BCUT2D eigenvalue weighted by Crippen LogP contribution is 2.41. The topological polar surface area (TPSA) is 22.8 Å². The van der Waals surface area contributed by atoms with Gasteiger partial charge >= 0.3 is 0 Å². The summed E-state index contributed by atoms with van der Waals surface area (Å²) in [6.45, 7) is 0. The van der Waals surface area contributed by atoms with Crippen molar-refractivity contribution >= 4 is 75.9 Å². The van der Waals surface area contributed by atoms with E-state index in [-0.39, 0.29) is 0 Å². The average Bonchev–Trinajstić information content (AvgIpc) is 3.86. The Morgan fingerprint density at radius 3 is 1.42 bits per heavy atom. The number of nitrogens with zero attached hydrogens (tertiary/aromatic N) is 3. The number of fused-ring (bicyclic) bond motifs is 12. The summed E-state index contributed by atoms with van der Waals surface area (Å²) in [5.74, 6) is 0.895. The van der Waals surface area contributed by atoms with Crippen LogP contribution in [0, 0.1) is 0 Å². The standard InChI is InChI=1S/C59H37N3/c1-3-15-38(16-4-1)42-34-54(39-17-5-2-6-18-39)60-59(36-42)62-56-26-14-12-24-50(56)53-33-40(28-32-57(53)62)41-27-30-51-49-23-11-13-25-55(49)61(58(51)35-41)43-29-31-48-46-21-8-7-19-44(46)45-20-9-10-22-47(45)52(48)37-43/h1-37H. The van der Waals surface area contributed by atoms with Gasteiger partial charge in [0.05, 0.1) is 27.8 Å². The molecule has 62 heavy (non-hydrogen) atoms. The fourth-order valence-corrected chi connectivity index (χ4v) is 10.0. The van der Waals surface area contributed by atoms with Gasteiger partial charge in [-0.3, -0.25) is 4.57 Å². The molecule has 0 amide bonds. The first kappa shape index (κ1) is 34.6. The predicted molar refractivity (Wildman–Crippen MR) is 262 cm³/mol. The molecular formula is C59H37N3. The zero-order valence-corrected chi connectivity index (χ0v) is 33.7. The maximum atomic E-state index is 5.36. The molecule has 10 aromatic carbocycles. The molecule has 0 atom stereocenters. The van der Waals surface area contributed by atoms with Crippen molar-refractivity contribution in [3.63, 3.8) is 0 Å². The van der Waals surface area contributed by atoms with Crippen molar-refractivity contribution in [3.8, 4) is 45.0 Å². The van der Waals surface area contributed by atoms with Crippen LogP contribution < -0.4 is 0 Å². The van der Waals surface area contributed by atoms with E-state index >= 15 is 0 Å². The second-order valence-electron chi connectivity index (χ2n) is 16.3. The molecule has 0 bridgehead atoms. The SMILES string of the molecule is c1ccc(-c2cc(-c3ccccc3)nc(-n3c4ccccc4c4cc(-c5ccc6c7ccccc7n(-c7ccc8c9ccccc9c9ccccc9c8c7)c6c5)ccc43)c2)cc1. The molecule has 288 valence electrons. The normalized spacial score (nSPS) is 11.9. The minimum absolute atomic E-state index is 0.895. The highest BCUT2D eigenvalue weighted by atomic mass is 15.1. The zero-order chi connectivity index (χ0) is 40.7. The number of para-hydroxylation sites is 2. The number of rotatable bonds is 5. The van der Waals surface area contributed by atoms with E-state index in [1.807, 2.05) is 0 Å². The second-order valence-corrected chi connectivity index (χ2v) is 16.3. The molecule has 0 saturated carbocycles. The van der Waals surface area contributed by atoms with E-state index in [2.05, 4.69) is 234 Å². The molecular weight excluding hydrogens is 751 g/mol. The Hall–Kier alpha value is -8.27. The molecule has 0 unspecified atom stereocenters. The van der Waals surface area contributed by atoms with Crippen molar-refractivity contribution in [2.45, 2.75) is 0 Å². The molecule has 3 aromatic heterocycles. The minimum Gasteiger partial charge on any atom is -0.309 e. The summed E-state index contributed by atoms with van der Waals surface area (Å²) in [5.41, 5.74) is 12.5. The van der Waals surface area contributed by atoms with E-state index in [4.69, 9.17) is 4.98 Å². The Bertz CT molecular complexity index is 3820. The Labute approximate surface area is 358 Å². The third-order valence-electron chi connectivity index (χ3n) is 12.9. The Morgan fingerprint density at radius 2 is 0.726 bits per heavy atom. The lowest BCUT2D eigenvalue weighted by Crippen LogP contribution is -2.00. The van der Waals surface area contributed by atoms with Crippen molar-refractivity contribution in [1.82, 2.24) is 14.1 Å². The van der Waals surface area contributed by atoms with Gasteiger partial charge in [0.2, 0.25) is 0 Å². The maximum absolute atomic E-state index is 5.36. The highest BCUT2D eigenvalue weighted by Gasteiger charge is 2.19. The lowest BCUT2D eigenvalue weighted by atomic mass is 9.94. The molecule has 13 aromatic rings. The van der Waals surface area contributed by atoms with Crippen LogP contribution in [0.3, 0.4) is 0 Å². The molecule has 0 aliphatic rings. The quantitative estimate of drug-likeness (QED) is 0.159. The van der Waals surface area contributed by atoms with Crippen LogP contribution in [0.15, 0.2) is 224 Å².